The molecule has 6 heteroatoms. The van der Waals surface area contributed by atoms with Gasteiger partial charge in [-0.2, -0.15) is 0 Å². The van der Waals surface area contributed by atoms with Crippen LogP contribution in [0.3, 0.4) is 0 Å². The number of nitrogens with one attached hydrogen (secondary N) is 2. The summed E-state index contributed by atoms with van der Waals surface area (Å²) in [5.41, 5.74) is 1.42. The lowest BCUT2D eigenvalue weighted by Crippen LogP contribution is -2.44. The van der Waals surface area contributed by atoms with Gasteiger partial charge >= 0.3 is 0 Å². The average molecular weight is 360 g/mol. The topological polar surface area (TPSA) is 58.2 Å². The maximum atomic E-state index is 13.3. The summed E-state index contributed by atoms with van der Waals surface area (Å²) in [6.45, 7) is 5.67. The van der Waals surface area contributed by atoms with Crippen molar-refractivity contribution in [2.45, 2.75) is 33.2 Å². The van der Waals surface area contributed by atoms with Gasteiger partial charge in [-0.05, 0) is 43.0 Å². The Morgan fingerprint density at radius 3 is 2.35 bits per heavy atom. The van der Waals surface area contributed by atoms with Crippen molar-refractivity contribution in [2.24, 2.45) is 5.92 Å². The third kappa shape index (κ3) is 5.12. The van der Waals surface area contributed by atoms with Gasteiger partial charge in [0.1, 0.15) is 6.04 Å². The second-order valence-electron chi connectivity index (χ2n) is 6.59. The fraction of sp³-hybridized carbons (Fsp3) is 0.300. The van der Waals surface area contributed by atoms with Gasteiger partial charge in [-0.25, -0.2) is 8.78 Å². The molecule has 0 aliphatic heterocycles. The van der Waals surface area contributed by atoms with Crippen molar-refractivity contribution in [1.82, 2.24) is 5.32 Å². The first kappa shape index (κ1) is 19.6. The molecule has 0 radical (unpaired) electrons. The highest BCUT2D eigenvalue weighted by Crippen LogP contribution is 2.15. The quantitative estimate of drug-likeness (QED) is 0.816. The summed E-state index contributed by atoms with van der Waals surface area (Å²) in [6.07, 6.45) is 0.410. The number of carbonyl (C=O) groups excluding carboxylic acids is 2. The van der Waals surface area contributed by atoms with Gasteiger partial charge in [-0.15, -0.1) is 0 Å². The molecule has 2 N–H and O–H groups in total. The largest absolute Gasteiger partial charge is 0.340 e. The molecule has 2 amide bonds. The standard InChI is InChI=1S/C20H22F2N2O2/c1-12(2)10-18(24-19(25)15-7-5-4-6-13(15)3)20(26)23-14-8-9-16(21)17(22)11-14/h4-9,11-12,18H,10H2,1-3H3,(H,23,26)(H,24,25). The monoisotopic (exact) mass is 360 g/mol. The highest BCUT2D eigenvalue weighted by atomic mass is 19.2. The lowest BCUT2D eigenvalue weighted by molar-refractivity contribution is -0.118. The van der Waals surface area contributed by atoms with E-state index in [-0.39, 0.29) is 17.5 Å². The lowest BCUT2D eigenvalue weighted by atomic mass is 10.0. The smallest absolute Gasteiger partial charge is 0.252 e. The first-order chi connectivity index (χ1) is 12.3. The summed E-state index contributed by atoms with van der Waals surface area (Å²) in [6, 6.07) is 9.39. The second kappa shape index (κ2) is 8.56. The second-order valence-corrected chi connectivity index (χ2v) is 6.59. The van der Waals surface area contributed by atoms with Crippen LogP contribution in [-0.2, 0) is 4.79 Å². The highest BCUT2D eigenvalue weighted by Gasteiger charge is 2.23. The van der Waals surface area contributed by atoms with Crippen LogP contribution in [0.1, 0.15) is 36.2 Å². The van der Waals surface area contributed by atoms with Crippen molar-refractivity contribution < 1.29 is 18.4 Å². The predicted octanol–water partition coefficient (Wildman–Crippen LogP) is 4.06. The summed E-state index contributed by atoms with van der Waals surface area (Å²) < 4.78 is 26.3. The molecule has 2 aromatic carbocycles. The van der Waals surface area contributed by atoms with E-state index in [4.69, 9.17) is 0 Å². The number of benzene rings is 2. The summed E-state index contributed by atoms with van der Waals surface area (Å²) in [5.74, 6) is -2.73. The Bertz CT molecular complexity index is 806. The van der Waals surface area contributed by atoms with E-state index in [1.165, 1.54) is 6.07 Å². The van der Waals surface area contributed by atoms with E-state index >= 15 is 0 Å². The number of aryl methyl sites for hydroxylation is 1. The van der Waals surface area contributed by atoms with Gasteiger partial charge in [0.2, 0.25) is 5.91 Å². The molecule has 26 heavy (non-hydrogen) atoms. The van der Waals surface area contributed by atoms with Crippen LogP contribution >= 0.6 is 0 Å². The first-order valence-corrected chi connectivity index (χ1v) is 8.40. The molecular formula is C20H22F2N2O2. The Morgan fingerprint density at radius 1 is 1.04 bits per heavy atom. The Hall–Kier alpha value is -2.76. The number of carbonyl (C=O) groups is 2. The van der Waals surface area contributed by atoms with Crippen LogP contribution in [0.5, 0.6) is 0 Å². The lowest BCUT2D eigenvalue weighted by Gasteiger charge is -2.21. The average Bonchev–Trinajstić information content (AvgIpc) is 2.57. The molecule has 0 aromatic heterocycles. The fourth-order valence-corrected chi connectivity index (χ4v) is 2.57. The third-order valence-electron chi connectivity index (χ3n) is 3.91. The summed E-state index contributed by atoms with van der Waals surface area (Å²) in [4.78, 5) is 25.1. The number of rotatable bonds is 6. The van der Waals surface area contributed by atoms with E-state index in [1.807, 2.05) is 32.9 Å². The molecule has 0 fully saturated rings. The molecule has 2 aromatic rings. The molecule has 1 unspecified atom stereocenters. The van der Waals surface area contributed by atoms with Gasteiger partial charge in [0, 0.05) is 17.3 Å². The van der Waals surface area contributed by atoms with Crippen LogP contribution in [0.2, 0.25) is 0 Å². The normalized spacial score (nSPS) is 11.9. The minimum absolute atomic E-state index is 0.132. The number of amides is 2. The van der Waals surface area contributed by atoms with Crippen molar-refractivity contribution in [3.63, 3.8) is 0 Å². The van der Waals surface area contributed by atoms with Crippen LogP contribution in [0.25, 0.3) is 0 Å². The zero-order chi connectivity index (χ0) is 19.3. The van der Waals surface area contributed by atoms with Gasteiger partial charge in [0.25, 0.3) is 5.91 Å². The SMILES string of the molecule is Cc1ccccc1C(=O)NC(CC(C)C)C(=O)Nc1ccc(F)c(F)c1. The minimum Gasteiger partial charge on any atom is -0.340 e. The van der Waals surface area contributed by atoms with E-state index in [2.05, 4.69) is 10.6 Å². The van der Waals surface area contributed by atoms with Crippen LogP contribution in [-0.4, -0.2) is 17.9 Å². The number of hydrogen-bond donors (Lipinski definition) is 2. The Morgan fingerprint density at radius 2 is 1.73 bits per heavy atom. The Balaban J connectivity index is 2.15. The van der Waals surface area contributed by atoms with Crippen LogP contribution in [0.4, 0.5) is 14.5 Å². The van der Waals surface area contributed by atoms with E-state index in [0.29, 0.717) is 12.0 Å². The molecule has 0 saturated heterocycles. The molecule has 1 atom stereocenters. The van der Waals surface area contributed by atoms with Crippen molar-refractivity contribution in [3.8, 4) is 0 Å². The van der Waals surface area contributed by atoms with Gasteiger partial charge in [0.05, 0.1) is 0 Å². The molecular weight excluding hydrogens is 338 g/mol. The van der Waals surface area contributed by atoms with Gasteiger partial charge in [-0.3, -0.25) is 9.59 Å². The van der Waals surface area contributed by atoms with E-state index in [9.17, 15) is 18.4 Å². The molecule has 0 bridgehead atoms. The minimum atomic E-state index is -1.05. The van der Waals surface area contributed by atoms with E-state index in [1.54, 1.807) is 12.1 Å². The fourth-order valence-electron chi connectivity index (χ4n) is 2.57. The highest BCUT2D eigenvalue weighted by molar-refractivity contribution is 6.01. The van der Waals surface area contributed by atoms with E-state index < -0.39 is 23.6 Å². The molecule has 0 aliphatic rings. The van der Waals surface area contributed by atoms with Crippen molar-refractivity contribution >= 4 is 17.5 Å². The summed E-state index contributed by atoms with van der Waals surface area (Å²) in [7, 11) is 0. The summed E-state index contributed by atoms with van der Waals surface area (Å²) in [5, 5.41) is 5.26. The number of halogens is 2. The molecule has 0 spiro atoms. The van der Waals surface area contributed by atoms with Gasteiger partial charge < -0.3 is 10.6 Å². The van der Waals surface area contributed by atoms with Crippen LogP contribution in [0.15, 0.2) is 42.5 Å². The van der Waals surface area contributed by atoms with Crippen molar-refractivity contribution in [2.75, 3.05) is 5.32 Å². The molecule has 0 aliphatic carbocycles. The zero-order valence-corrected chi connectivity index (χ0v) is 15.0. The van der Waals surface area contributed by atoms with Crippen LogP contribution < -0.4 is 10.6 Å². The van der Waals surface area contributed by atoms with Crippen LogP contribution in [0, 0.1) is 24.5 Å². The van der Waals surface area contributed by atoms with Gasteiger partial charge in [-0.1, -0.05) is 32.0 Å². The number of hydrogen-bond acceptors (Lipinski definition) is 2. The van der Waals surface area contributed by atoms with Crippen molar-refractivity contribution in [3.05, 3.63) is 65.2 Å². The van der Waals surface area contributed by atoms with Crippen molar-refractivity contribution in [1.29, 1.82) is 0 Å². The maximum Gasteiger partial charge on any atom is 0.252 e. The number of anilines is 1. The Kier molecular flexibility index (Phi) is 6.44. The molecule has 4 nitrogen and oxygen atoms in total. The molecule has 2 rings (SSSR count). The predicted molar refractivity (Wildman–Crippen MR) is 96.9 cm³/mol. The molecule has 0 heterocycles. The Labute approximate surface area is 151 Å². The van der Waals surface area contributed by atoms with Gasteiger partial charge in [0.15, 0.2) is 11.6 Å². The zero-order valence-electron chi connectivity index (χ0n) is 15.0. The third-order valence-corrected chi connectivity index (χ3v) is 3.91. The molecule has 138 valence electrons. The maximum absolute atomic E-state index is 13.3. The summed E-state index contributed by atoms with van der Waals surface area (Å²) >= 11 is 0. The van der Waals surface area contributed by atoms with E-state index in [0.717, 1.165) is 17.7 Å². The first-order valence-electron chi connectivity index (χ1n) is 8.40. The molecule has 0 saturated carbocycles.